The molecule has 0 saturated carbocycles. The Labute approximate surface area is 160 Å². The highest BCUT2D eigenvalue weighted by Crippen LogP contribution is 2.59. The number of nitrogens with two attached hydrogens (primary N) is 1. The smallest absolute Gasteiger partial charge is 0.0730 e. The summed E-state index contributed by atoms with van der Waals surface area (Å²) in [6.07, 6.45) is 5.74. The van der Waals surface area contributed by atoms with Crippen molar-refractivity contribution in [2.75, 3.05) is 5.73 Å². The van der Waals surface area contributed by atoms with Crippen LogP contribution in [0.15, 0.2) is 96.6 Å². The van der Waals surface area contributed by atoms with Crippen molar-refractivity contribution >= 4 is 11.3 Å². The highest BCUT2D eigenvalue weighted by atomic mass is 14.6. The zero-order chi connectivity index (χ0) is 18.4. The maximum Gasteiger partial charge on any atom is 0.0730 e. The van der Waals surface area contributed by atoms with Crippen LogP contribution in [-0.4, -0.2) is 0 Å². The monoisotopic (exact) mass is 349 g/mol. The molecule has 0 amide bonds. The molecule has 0 bridgehead atoms. The third kappa shape index (κ3) is 2.12. The summed E-state index contributed by atoms with van der Waals surface area (Å²) >= 11 is 0. The second kappa shape index (κ2) is 5.99. The Balaban J connectivity index is 1.98. The van der Waals surface area contributed by atoms with Crippen LogP contribution in [-0.2, 0) is 5.41 Å². The fourth-order valence-electron chi connectivity index (χ4n) is 5.09. The second-order valence-electron chi connectivity index (χ2n) is 7.62. The number of fused-ring (bicyclic) bond motifs is 2. The molecule has 27 heavy (non-hydrogen) atoms. The van der Waals surface area contributed by atoms with Crippen LogP contribution in [0.5, 0.6) is 0 Å². The molecule has 1 heteroatoms. The highest BCUT2D eigenvalue weighted by molar-refractivity contribution is 5.92. The standard InChI is InChI=1S/C26H23N/c1-18-10-8-16-22-24(18)21-15-9-17-23(27)25(21)26(22,19-11-4-2-5-12-19)20-13-6-3-7-14-20/h2-9,11-18H,10,27H2,1H3. The molecule has 1 atom stereocenters. The van der Waals surface area contributed by atoms with Gasteiger partial charge in [-0.3, -0.25) is 0 Å². The Morgan fingerprint density at radius 1 is 0.815 bits per heavy atom. The molecule has 1 nitrogen and oxygen atoms in total. The van der Waals surface area contributed by atoms with Crippen LogP contribution in [0, 0.1) is 5.92 Å². The van der Waals surface area contributed by atoms with E-state index >= 15 is 0 Å². The first-order valence-corrected chi connectivity index (χ1v) is 9.66. The molecule has 0 saturated heterocycles. The lowest BCUT2D eigenvalue weighted by molar-refractivity contribution is 0.723. The van der Waals surface area contributed by atoms with E-state index in [1.807, 2.05) is 6.07 Å². The van der Waals surface area contributed by atoms with Crippen LogP contribution in [0.2, 0.25) is 0 Å². The minimum atomic E-state index is -0.357. The molecule has 1 unspecified atom stereocenters. The van der Waals surface area contributed by atoms with Crippen molar-refractivity contribution in [1.82, 2.24) is 0 Å². The van der Waals surface area contributed by atoms with Gasteiger partial charge in [-0.25, -0.2) is 0 Å². The van der Waals surface area contributed by atoms with Crippen LogP contribution < -0.4 is 5.73 Å². The van der Waals surface area contributed by atoms with E-state index < -0.39 is 0 Å². The Kier molecular flexibility index (Phi) is 3.58. The van der Waals surface area contributed by atoms with E-state index in [0.717, 1.165) is 12.1 Å². The lowest BCUT2D eigenvalue weighted by Crippen LogP contribution is -2.30. The number of hydrogen-bond donors (Lipinski definition) is 1. The molecule has 3 aromatic rings. The van der Waals surface area contributed by atoms with Crippen LogP contribution in [0.1, 0.15) is 35.6 Å². The Hall–Kier alpha value is -3.06. The van der Waals surface area contributed by atoms with Crippen LogP contribution in [0.25, 0.3) is 5.57 Å². The largest absolute Gasteiger partial charge is 0.398 e. The Morgan fingerprint density at radius 3 is 2.07 bits per heavy atom. The summed E-state index contributed by atoms with van der Waals surface area (Å²) in [5.41, 5.74) is 15.1. The van der Waals surface area contributed by atoms with Gasteiger partial charge < -0.3 is 5.73 Å². The third-order valence-electron chi connectivity index (χ3n) is 6.14. The summed E-state index contributed by atoms with van der Waals surface area (Å²) in [5.74, 6) is 0.486. The average Bonchev–Trinajstić information content (AvgIpc) is 3.03. The van der Waals surface area contributed by atoms with Gasteiger partial charge in [-0.15, -0.1) is 0 Å². The molecule has 0 heterocycles. The minimum absolute atomic E-state index is 0.357. The topological polar surface area (TPSA) is 26.0 Å². The van der Waals surface area contributed by atoms with Crippen molar-refractivity contribution in [1.29, 1.82) is 0 Å². The fraction of sp³-hybridized carbons (Fsp3) is 0.154. The van der Waals surface area contributed by atoms with E-state index in [1.54, 1.807) is 0 Å². The van der Waals surface area contributed by atoms with Gasteiger partial charge in [0, 0.05) is 11.3 Å². The van der Waals surface area contributed by atoms with E-state index in [0.29, 0.717) is 5.92 Å². The van der Waals surface area contributed by atoms with E-state index in [-0.39, 0.29) is 5.41 Å². The van der Waals surface area contributed by atoms with E-state index in [9.17, 15) is 0 Å². The molecule has 5 rings (SSSR count). The van der Waals surface area contributed by atoms with Gasteiger partial charge in [0.2, 0.25) is 0 Å². The molecule has 2 aliphatic rings. The van der Waals surface area contributed by atoms with Crippen LogP contribution in [0.3, 0.4) is 0 Å². The number of allylic oxidation sites excluding steroid dienone is 4. The van der Waals surface area contributed by atoms with Gasteiger partial charge in [-0.2, -0.15) is 0 Å². The lowest BCUT2D eigenvalue weighted by atomic mass is 9.65. The predicted molar refractivity (Wildman–Crippen MR) is 113 cm³/mol. The molecule has 0 aliphatic heterocycles. The number of nitrogen functional groups attached to an aromatic ring is 1. The van der Waals surface area contributed by atoms with Crippen molar-refractivity contribution in [3.05, 3.63) is 119 Å². The fourth-order valence-corrected chi connectivity index (χ4v) is 5.09. The predicted octanol–water partition coefficient (Wildman–Crippen LogP) is 5.97. The zero-order valence-corrected chi connectivity index (χ0v) is 15.5. The summed E-state index contributed by atoms with van der Waals surface area (Å²) in [6, 6.07) is 28.1. The van der Waals surface area contributed by atoms with Crippen LogP contribution >= 0.6 is 0 Å². The van der Waals surface area contributed by atoms with Gasteiger partial charge in [-0.1, -0.05) is 91.9 Å². The van der Waals surface area contributed by atoms with Crippen molar-refractivity contribution in [2.45, 2.75) is 18.8 Å². The van der Waals surface area contributed by atoms with Crippen molar-refractivity contribution in [3.8, 4) is 0 Å². The Bertz CT molecular complexity index is 1020. The van der Waals surface area contributed by atoms with Crippen molar-refractivity contribution in [3.63, 3.8) is 0 Å². The molecule has 132 valence electrons. The maximum absolute atomic E-state index is 6.67. The van der Waals surface area contributed by atoms with Crippen LogP contribution in [0.4, 0.5) is 5.69 Å². The van der Waals surface area contributed by atoms with Gasteiger partial charge in [-0.05, 0) is 46.2 Å². The number of anilines is 1. The highest BCUT2D eigenvalue weighted by Gasteiger charge is 2.49. The number of hydrogen-bond acceptors (Lipinski definition) is 1. The van der Waals surface area contributed by atoms with Gasteiger partial charge in [0.25, 0.3) is 0 Å². The normalized spacial score (nSPS) is 19.7. The van der Waals surface area contributed by atoms with E-state index in [1.165, 1.54) is 33.4 Å². The quantitative estimate of drug-likeness (QED) is 0.567. The number of rotatable bonds is 2. The summed E-state index contributed by atoms with van der Waals surface area (Å²) in [7, 11) is 0. The molecule has 0 aromatic heterocycles. The number of benzene rings is 3. The average molecular weight is 349 g/mol. The molecule has 0 radical (unpaired) electrons. The zero-order valence-electron chi connectivity index (χ0n) is 15.5. The second-order valence-corrected chi connectivity index (χ2v) is 7.62. The minimum Gasteiger partial charge on any atom is -0.398 e. The van der Waals surface area contributed by atoms with Crippen molar-refractivity contribution < 1.29 is 0 Å². The molecular weight excluding hydrogens is 326 g/mol. The van der Waals surface area contributed by atoms with Crippen molar-refractivity contribution in [2.24, 2.45) is 5.92 Å². The summed E-state index contributed by atoms with van der Waals surface area (Å²) in [6.45, 7) is 2.33. The lowest BCUT2D eigenvalue weighted by Gasteiger charge is -2.36. The van der Waals surface area contributed by atoms with Gasteiger partial charge in [0.15, 0.2) is 0 Å². The summed E-state index contributed by atoms with van der Waals surface area (Å²) in [5, 5.41) is 0. The summed E-state index contributed by atoms with van der Waals surface area (Å²) < 4.78 is 0. The first-order chi connectivity index (χ1) is 13.2. The van der Waals surface area contributed by atoms with Gasteiger partial charge in [0.1, 0.15) is 0 Å². The molecule has 2 aliphatic carbocycles. The SMILES string of the molecule is CC1CC=CC2=C1c1cccc(N)c1C2(c1ccccc1)c1ccccc1. The van der Waals surface area contributed by atoms with E-state index in [4.69, 9.17) is 5.73 Å². The maximum atomic E-state index is 6.67. The first-order valence-electron chi connectivity index (χ1n) is 9.66. The Morgan fingerprint density at radius 2 is 1.44 bits per heavy atom. The molecular formula is C26H23N. The molecule has 3 aromatic carbocycles. The molecule has 2 N–H and O–H groups in total. The van der Waals surface area contributed by atoms with Gasteiger partial charge in [0.05, 0.1) is 5.41 Å². The molecule has 0 spiro atoms. The van der Waals surface area contributed by atoms with Gasteiger partial charge >= 0.3 is 0 Å². The third-order valence-corrected chi connectivity index (χ3v) is 6.14. The first kappa shape index (κ1) is 16.1. The van der Waals surface area contributed by atoms with E-state index in [2.05, 4.69) is 91.9 Å². The molecule has 0 fully saturated rings. The summed E-state index contributed by atoms with van der Waals surface area (Å²) in [4.78, 5) is 0.